The molecular weight excluding hydrogens is 241 g/mol. The fourth-order valence-corrected chi connectivity index (χ4v) is 1.80. The number of halogens is 3. The molecule has 3 nitrogen and oxygen atoms in total. The summed E-state index contributed by atoms with van der Waals surface area (Å²) in [6.45, 7) is 0.478. The highest BCUT2D eigenvalue weighted by molar-refractivity contribution is 7.09. The fraction of sp³-hybridized carbons (Fsp3) is 0.667. The summed E-state index contributed by atoms with van der Waals surface area (Å²) in [5.74, 6) is 0. The lowest BCUT2D eigenvalue weighted by Gasteiger charge is -2.05. The van der Waals surface area contributed by atoms with Gasteiger partial charge in [-0.2, -0.15) is 13.2 Å². The highest BCUT2D eigenvalue weighted by Gasteiger charge is 2.26. The molecule has 0 atom stereocenters. The van der Waals surface area contributed by atoms with E-state index in [2.05, 4.69) is 10.3 Å². The van der Waals surface area contributed by atoms with Gasteiger partial charge in [0.25, 0.3) is 0 Å². The minimum absolute atomic E-state index is 0.135. The van der Waals surface area contributed by atoms with Crippen molar-refractivity contribution in [3.63, 3.8) is 0 Å². The summed E-state index contributed by atoms with van der Waals surface area (Å²) in [5.41, 5.74) is 0.678. The van der Waals surface area contributed by atoms with E-state index in [1.165, 1.54) is 11.3 Å². The summed E-state index contributed by atoms with van der Waals surface area (Å²) < 4.78 is 40.2. The van der Waals surface area contributed by atoms with Crippen LogP contribution in [0, 0.1) is 0 Å². The van der Waals surface area contributed by atoms with Crippen LogP contribution < -0.4 is 5.32 Å². The van der Waals surface area contributed by atoms with Gasteiger partial charge in [-0.15, -0.1) is 11.3 Å². The third-order valence-electron chi connectivity index (χ3n) is 1.71. The molecule has 0 radical (unpaired) electrons. The van der Waals surface area contributed by atoms with E-state index >= 15 is 0 Å². The first-order valence-electron chi connectivity index (χ1n) is 4.73. The Morgan fingerprint density at radius 1 is 1.50 bits per heavy atom. The molecular formula is C9H13F3N2OS. The van der Waals surface area contributed by atoms with Gasteiger partial charge in [-0.1, -0.05) is 0 Å². The predicted octanol–water partition coefficient (Wildman–Crippen LogP) is 2.33. The zero-order valence-corrected chi connectivity index (χ0v) is 9.62. The molecule has 0 spiro atoms. The summed E-state index contributed by atoms with van der Waals surface area (Å²) in [6, 6.07) is 0. The fourth-order valence-electron chi connectivity index (χ4n) is 1.01. The lowest BCUT2D eigenvalue weighted by Crippen LogP contribution is -2.11. The molecule has 0 unspecified atom stereocenters. The Bertz CT molecular complexity index is 314. The first kappa shape index (κ1) is 13.4. The zero-order valence-electron chi connectivity index (χ0n) is 8.80. The van der Waals surface area contributed by atoms with Crippen molar-refractivity contribution in [2.75, 3.05) is 13.7 Å². The van der Waals surface area contributed by atoms with Gasteiger partial charge in [0.05, 0.1) is 25.3 Å². The third-order valence-corrected chi connectivity index (χ3v) is 2.60. The van der Waals surface area contributed by atoms with E-state index in [0.717, 1.165) is 5.01 Å². The summed E-state index contributed by atoms with van der Waals surface area (Å²) >= 11 is 1.46. The molecule has 0 amide bonds. The maximum atomic E-state index is 11.8. The number of thiazole rings is 1. The number of nitrogens with zero attached hydrogens (tertiary/aromatic N) is 1. The van der Waals surface area contributed by atoms with Crippen molar-refractivity contribution < 1.29 is 17.9 Å². The van der Waals surface area contributed by atoms with Gasteiger partial charge < -0.3 is 10.1 Å². The number of hydrogen-bond acceptors (Lipinski definition) is 4. The second kappa shape index (κ2) is 6.17. The molecule has 0 aliphatic heterocycles. The van der Waals surface area contributed by atoms with Crippen molar-refractivity contribution in [2.24, 2.45) is 0 Å². The van der Waals surface area contributed by atoms with E-state index in [-0.39, 0.29) is 13.2 Å². The number of alkyl halides is 3. The Labute approximate surface area is 95.6 Å². The standard InChI is InChI=1S/C9H13F3N2OS/c1-13-4-8-14-7(6-16-8)5-15-3-2-9(10,11)12/h6,13H,2-5H2,1H3. The molecule has 0 saturated carbocycles. The summed E-state index contributed by atoms with van der Waals surface area (Å²) in [7, 11) is 1.81. The van der Waals surface area contributed by atoms with E-state index in [0.29, 0.717) is 12.2 Å². The normalized spacial score (nSPS) is 12.0. The Balaban J connectivity index is 2.21. The van der Waals surface area contributed by atoms with Crippen LogP contribution in [-0.2, 0) is 17.9 Å². The van der Waals surface area contributed by atoms with Gasteiger partial charge in [-0.25, -0.2) is 4.98 Å². The molecule has 92 valence electrons. The molecule has 0 aliphatic carbocycles. The Hall–Kier alpha value is -0.660. The van der Waals surface area contributed by atoms with E-state index in [4.69, 9.17) is 4.74 Å². The van der Waals surface area contributed by atoms with E-state index in [1.807, 2.05) is 0 Å². The van der Waals surface area contributed by atoms with Crippen molar-refractivity contribution >= 4 is 11.3 Å². The molecule has 1 aromatic rings. The van der Waals surface area contributed by atoms with Crippen molar-refractivity contribution in [1.29, 1.82) is 0 Å². The number of ether oxygens (including phenoxy) is 1. The molecule has 0 saturated heterocycles. The highest BCUT2D eigenvalue weighted by Crippen LogP contribution is 2.19. The minimum atomic E-state index is -4.15. The highest BCUT2D eigenvalue weighted by atomic mass is 32.1. The molecule has 0 bridgehead atoms. The van der Waals surface area contributed by atoms with Crippen LogP contribution in [0.3, 0.4) is 0 Å². The quantitative estimate of drug-likeness (QED) is 0.791. The Morgan fingerprint density at radius 3 is 2.88 bits per heavy atom. The second-order valence-corrected chi connectivity index (χ2v) is 4.12. The SMILES string of the molecule is CNCc1nc(COCCC(F)(F)F)cs1. The van der Waals surface area contributed by atoms with Crippen molar-refractivity contribution in [3.8, 4) is 0 Å². The average molecular weight is 254 g/mol. The topological polar surface area (TPSA) is 34.2 Å². The maximum absolute atomic E-state index is 11.8. The third kappa shape index (κ3) is 5.43. The van der Waals surface area contributed by atoms with Crippen LogP contribution in [-0.4, -0.2) is 24.8 Å². The van der Waals surface area contributed by atoms with Gasteiger partial charge >= 0.3 is 6.18 Å². The Kier molecular flexibility index (Phi) is 5.17. The number of nitrogens with one attached hydrogen (secondary N) is 1. The number of aromatic nitrogens is 1. The summed E-state index contributed by atoms with van der Waals surface area (Å²) in [5, 5.41) is 5.63. The van der Waals surface area contributed by atoms with Crippen LogP contribution >= 0.6 is 11.3 Å². The lowest BCUT2D eigenvalue weighted by molar-refractivity contribution is -0.146. The van der Waals surface area contributed by atoms with E-state index in [9.17, 15) is 13.2 Å². The molecule has 0 fully saturated rings. The smallest absolute Gasteiger partial charge is 0.375 e. The number of rotatable bonds is 6. The van der Waals surface area contributed by atoms with Crippen LogP contribution in [0.15, 0.2) is 5.38 Å². The molecule has 1 rings (SSSR count). The molecule has 16 heavy (non-hydrogen) atoms. The molecule has 1 aromatic heterocycles. The first-order valence-corrected chi connectivity index (χ1v) is 5.61. The lowest BCUT2D eigenvalue weighted by atomic mass is 10.4. The van der Waals surface area contributed by atoms with Crippen LogP contribution in [0.5, 0.6) is 0 Å². The first-order chi connectivity index (χ1) is 7.51. The van der Waals surface area contributed by atoms with Crippen molar-refractivity contribution in [2.45, 2.75) is 25.7 Å². The second-order valence-electron chi connectivity index (χ2n) is 3.18. The largest absolute Gasteiger partial charge is 0.391 e. The maximum Gasteiger partial charge on any atom is 0.391 e. The monoisotopic (exact) mass is 254 g/mol. The van der Waals surface area contributed by atoms with E-state index < -0.39 is 12.6 Å². The van der Waals surface area contributed by atoms with Crippen LogP contribution in [0.1, 0.15) is 17.1 Å². The van der Waals surface area contributed by atoms with Crippen molar-refractivity contribution in [3.05, 3.63) is 16.1 Å². The van der Waals surface area contributed by atoms with Gasteiger partial charge in [-0.05, 0) is 7.05 Å². The zero-order chi connectivity index (χ0) is 12.0. The minimum Gasteiger partial charge on any atom is -0.375 e. The molecule has 7 heteroatoms. The molecule has 1 heterocycles. The van der Waals surface area contributed by atoms with Gasteiger partial charge in [-0.3, -0.25) is 0 Å². The van der Waals surface area contributed by atoms with Gasteiger partial charge in [0.15, 0.2) is 0 Å². The van der Waals surface area contributed by atoms with Crippen LogP contribution in [0.2, 0.25) is 0 Å². The Morgan fingerprint density at radius 2 is 2.25 bits per heavy atom. The van der Waals surface area contributed by atoms with Gasteiger partial charge in [0.2, 0.25) is 0 Å². The van der Waals surface area contributed by atoms with Gasteiger partial charge in [0.1, 0.15) is 5.01 Å². The van der Waals surface area contributed by atoms with Gasteiger partial charge in [0, 0.05) is 11.9 Å². The molecule has 0 aromatic carbocycles. The van der Waals surface area contributed by atoms with Crippen LogP contribution in [0.4, 0.5) is 13.2 Å². The molecule has 0 aliphatic rings. The summed E-state index contributed by atoms with van der Waals surface area (Å²) in [6.07, 6.45) is -5.07. The number of hydrogen-bond donors (Lipinski definition) is 1. The average Bonchev–Trinajstić information content (AvgIpc) is 2.60. The van der Waals surface area contributed by atoms with Crippen LogP contribution in [0.25, 0.3) is 0 Å². The van der Waals surface area contributed by atoms with E-state index in [1.54, 1.807) is 12.4 Å². The van der Waals surface area contributed by atoms with Crippen molar-refractivity contribution in [1.82, 2.24) is 10.3 Å². The predicted molar refractivity (Wildman–Crippen MR) is 55.2 cm³/mol. The summed E-state index contributed by atoms with van der Waals surface area (Å²) in [4.78, 5) is 4.18. The molecule has 1 N–H and O–H groups in total.